The summed E-state index contributed by atoms with van der Waals surface area (Å²) in [6.07, 6.45) is 3.30. The van der Waals surface area contributed by atoms with E-state index in [1.807, 2.05) is 56.3 Å². The summed E-state index contributed by atoms with van der Waals surface area (Å²) in [6.45, 7) is 4.95. The van der Waals surface area contributed by atoms with E-state index in [1.165, 1.54) is 0 Å². The fourth-order valence-electron chi connectivity index (χ4n) is 3.20. The number of nitrogens with zero attached hydrogens (tertiary/aromatic N) is 2. The van der Waals surface area contributed by atoms with Crippen molar-refractivity contribution in [3.63, 3.8) is 0 Å². The fraction of sp³-hybridized carbons (Fsp3) is 0.238. The standard InChI is InChI=1S/C21H21N3O3/c1-14-7-15(2)9-16(8-14)21(25)23-17-10-22-24(11-17)12-18-13-26-19-5-3-4-6-20(19)27-18/h3-11,18H,12-13H2,1-2H3,(H,23,25). The molecule has 2 aromatic carbocycles. The number of fused-ring (bicyclic) bond motifs is 1. The first-order chi connectivity index (χ1) is 13.1. The number of amides is 1. The fourth-order valence-corrected chi connectivity index (χ4v) is 3.20. The van der Waals surface area contributed by atoms with Gasteiger partial charge in [0.1, 0.15) is 6.61 Å². The summed E-state index contributed by atoms with van der Waals surface area (Å²) >= 11 is 0. The highest BCUT2D eigenvalue weighted by molar-refractivity contribution is 6.04. The zero-order chi connectivity index (χ0) is 18.8. The largest absolute Gasteiger partial charge is 0.486 e. The number of ether oxygens (including phenoxy) is 2. The Balaban J connectivity index is 1.40. The third kappa shape index (κ3) is 3.95. The first-order valence-corrected chi connectivity index (χ1v) is 8.87. The molecule has 0 fully saturated rings. The van der Waals surface area contributed by atoms with Crippen molar-refractivity contribution in [2.45, 2.75) is 26.5 Å². The molecule has 1 amide bonds. The average Bonchev–Trinajstić information content (AvgIpc) is 3.07. The maximum atomic E-state index is 12.5. The quantitative estimate of drug-likeness (QED) is 0.769. The SMILES string of the molecule is Cc1cc(C)cc(C(=O)Nc2cnn(CC3COc4ccccc4O3)c2)c1. The Morgan fingerprint density at radius 2 is 1.93 bits per heavy atom. The molecule has 0 aliphatic carbocycles. The Morgan fingerprint density at radius 1 is 1.19 bits per heavy atom. The highest BCUT2D eigenvalue weighted by Gasteiger charge is 2.21. The molecule has 1 aromatic heterocycles. The van der Waals surface area contributed by atoms with Crippen molar-refractivity contribution in [3.05, 3.63) is 71.5 Å². The van der Waals surface area contributed by atoms with E-state index in [2.05, 4.69) is 10.4 Å². The van der Waals surface area contributed by atoms with Gasteiger partial charge in [0.2, 0.25) is 0 Å². The van der Waals surface area contributed by atoms with Crippen LogP contribution < -0.4 is 14.8 Å². The van der Waals surface area contributed by atoms with Gasteiger partial charge in [-0.2, -0.15) is 5.10 Å². The number of nitrogens with one attached hydrogen (secondary N) is 1. The van der Waals surface area contributed by atoms with E-state index in [-0.39, 0.29) is 12.0 Å². The van der Waals surface area contributed by atoms with Gasteiger partial charge in [0.15, 0.2) is 17.6 Å². The van der Waals surface area contributed by atoms with Crippen LogP contribution in [0.5, 0.6) is 11.5 Å². The minimum Gasteiger partial charge on any atom is -0.486 e. The van der Waals surface area contributed by atoms with Crippen molar-refractivity contribution in [1.82, 2.24) is 9.78 Å². The molecule has 0 bridgehead atoms. The number of rotatable bonds is 4. The second-order valence-electron chi connectivity index (χ2n) is 6.78. The lowest BCUT2D eigenvalue weighted by atomic mass is 10.1. The zero-order valence-electron chi connectivity index (χ0n) is 15.3. The van der Waals surface area contributed by atoms with Crippen molar-refractivity contribution in [2.24, 2.45) is 0 Å². The maximum Gasteiger partial charge on any atom is 0.255 e. The number of carbonyl (C=O) groups is 1. The molecule has 1 N–H and O–H groups in total. The minimum atomic E-state index is -0.146. The van der Waals surface area contributed by atoms with Crippen LogP contribution in [0.1, 0.15) is 21.5 Å². The number of hydrogen-bond acceptors (Lipinski definition) is 4. The molecule has 3 aromatic rings. The molecule has 0 spiro atoms. The Bertz CT molecular complexity index is 960. The van der Waals surface area contributed by atoms with Crippen LogP contribution in [-0.2, 0) is 6.54 Å². The first kappa shape index (κ1) is 17.1. The van der Waals surface area contributed by atoms with E-state index in [1.54, 1.807) is 17.1 Å². The highest BCUT2D eigenvalue weighted by atomic mass is 16.6. The van der Waals surface area contributed by atoms with Crippen LogP contribution in [0.4, 0.5) is 5.69 Å². The normalized spacial score (nSPS) is 15.4. The average molecular weight is 363 g/mol. The molecule has 0 radical (unpaired) electrons. The lowest BCUT2D eigenvalue weighted by molar-refractivity contribution is 0.0759. The Labute approximate surface area is 157 Å². The number of carbonyl (C=O) groups excluding carboxylic acids is 1. The van der Waals surface area contributed by atoms with Crippen molar-refractivity contribution < 1.29 is 14.3 Å². The van der Waals surface area contributed by atoms with Crippen LogP contribution in [0, 0.1) is 13.8 Å². The molecule has 1 atom stereocenters. The Morgan fingerprint density at radius 3 is 2.70 bits per heavy atom. The highest BCUT2D eigenvalue weighted by Crippen LogP contribution is 2.31. The lowest BCUT2D eigenvalue weighted by Gasteiger charge is -2.26. The van der Waals surface area contributed by atoms with Gasteiger partial charge in [0.25, 0.3) is 5.91 Å². The molecule has 6 nitrogen and oxygen atoms in total. The number of aromatic nitrogens is 2. The summed E-state index contributed by atoms with van der Waals surface area (Å²) in [5.74, 6) is 1.35. The van der Waals surface area contributed by atoms with Crippen LogP contribution in [0.15, 0.2) is 54.9 Å². The summed E-state index contributed by atoms with van der Waals surface area (Å²) < 4.78 is 13.4. The molecule has 0 saturated heterocycles. The summed E-state index contributed by atoms with van der Waals surface area (Å²) in [6, 6.07) is 13.4. The number of anilines is 1. The lowest BCUT2D eigenvalue weighted by Crippen LogP contribution is -2.33. The van der Waals surface area contributed by atoms with Gasteiger partial charge in [-0.05, 0) is 38.1 Å². The number of para-hydroxylation sites is 2. The van der Waals surface area contributed by atoms with Crippen molar-refractivity contribution >= 4 is 11.6 Å². The van der Waals surface area contributed by atoms with Gasteiger partial charge in [-0.1, -0.05) is 29.3 Å². The Hall–Kier alpha value is -3.28. The van der Waals surface area contributed by atoms with Crippen LogP contribution in [-0.4, -0.2) is 28.4 Å². The van der Waals surface area contributed by atoms with Gasteiger partial charge >= 0.3 is 0 Å². The van der Waals surface area contributed by atoms with E-state index in [0.29, 0.717) is 24.4 Å². The molecule has 138 valence electrons. The van der Waals surface area contributed by atoms with Gasteiger partial charge in [-0.15, -0.1) is 0 Å². The number of aryl methyl sites for hydroxylation is 2. The van der Waals surface area contributed by atoms with Crippen LogP contribution in [0.25, 0.3) is 0 Å². The molecule has 0 saturated carbocycles. The van der Waals surface area contributed by atoms with E-state index < -0.39 is 0 Å². The smallest absolute Gasteiger partial charge is 0.255 e. The van der Waals surface area contributed by atoms with Crippen LogP contribution >= 0.6 is 0 Å². The van der Waals surface area contributed by atoms with Crippen molar-refractivity contribution in [3.8, 4) is 11.5 Å². The van der Waals surface area contributed by atoms with E-state index in [0.717, 1.165) is 22.6 Å². The molecule has 1 aliphatic heterocycles. The van der Waals surface area contributed by atoms with Gasteiger partial charge < -0.3 is 14.8 Å². The minimum absolute atomic E-state index is 0.136. The predicted molar refractivity (Wildman–Crippen MR) is 102 cm³/mol. The monoisotopic (exact) mass is 363 g/mol. The molecule has 6 heteroatoms. The summed E-state index contributed by atoms with van der Waals surface area (Å²) in [7, 11) is 0. The third-order valence-corrected chi connectivity index (χ3v) is 4.33. The predicted octanol–water partition coefficient (Wildman–Crippen LogP) is 3.59. The maximum absolute atomic E-state index is 12.5. The topological polar surface area (TPSA) is 65.4 Å². The second-order valence-corrected chi connectivity index (χ2v) is 6.78. The van der Waals surface area contributed by atoms with Crippen molar-refractivity contribution in [1.29, 1.82) is 0 Å². The van der Waals surface area contributed by atoms with Crippen LogP contribution in [0.2, 0.25) is 0 Å². The molecule has 1 aliphatic rings. The molecule has 27 heavy (non-hydrogen) atoms. The van der Waals surface area contributed by atoms with E-state index in [9.17, 15) is 4.79 Å². The number of benzene rings is 2. The molecular formula is C21H21N3O3. The van der Waals surface area contributed by atoms with E-state index >= 15 is 0 Å². The number of hydrogen-bond donors (Lipinski definition) is 1. The molecule has 4 rings (SSSR count). The van der Waals surface area contributed by atoms with Crippen molar-refractivity contribution in [2.75, 3.05) is 11.9 Å². The van der Waals surface area contributed by atoms with Gasteiger partial charge in [0, 0.05) is 11.8 Å². The molecule has 1 unspecified atom stereocenters. The summed E-state index contributed by atoms with van der Waals surface area (Å²) in [4.78, 5) is 12.5. The summed E-state index contributed by atoms with van der Waals surface area (Å²) in [5.41, 5.74) is 3.41. The van der Waals surface area contributed by atoms with Gasteiger partial charge in [-0.25, -0.2) is 0 Å². The second kappa shape index (κ2) is 7.15. The zero-order valence-corrected chi connectivity index (χ0v) is 15.3. The molecular weight excluding hydrogens is 342 g/mol. The van der Waals surface area contributed by atoms with E-state index in [4.69, 9.17) is 9.47 Å². The summed E-state index contributed by atoms with van der Waals surface area (Å²) in [5, 5.41) is 7.21. The van der Waals surface area contributed by atoms with Gasteiger partial charge in [-0.3, -0.25) is 9.48 Å². The van der Waals surface area contributed by atoms with Crippen LogP contribution in [0.3, 0.4) is 0 Å². The third-order valence-electron chi connectivity index (χ3n) is 4.33. The first-order valence-electron chi connectivity index (χ1n) is 8.87. The van der Waals surface area contributed by atoms with Gasteiger partial charge in [0.05, 0.1) is 18.4 Å². The Kier molecular flexibility index (Phi) is 4.54. The molecule has 2 heterocycles.